The smallest absolute Gasteiger partial charge is 0.306 e. The maximum atomic E-state index is 12.2. The van der Waals surface area contributed by atoms with Gasteiger partial charge in [0.05, 0.1) is 6.61 Å². The molecular formula is C43H82O5. The Morgan fingerprint density at radius 3 is 1.12 bits per heavy atom. The van der Waals surface area contributed by atoms with Crippen LogP contribution in [0, 0.1) is 0 Å². The summed E-state index contributed by atoms with van der Waals surface area (Å²) in [5, 5.41) is 9.56. The minimum absolute atomic E-state index is 0.0599. The second-order valence-corrected chi connectivity index (χ2v) is 14.4. The number of carbonyl (C=O) groups is 2. The molecule has 0 saturated heterocycles. The minimum Gasteiger partial charge on any atom is -0.462 e. The fourth-order valence-electron chi connectivity index (χ4n) is 6.31. The molecule has 0 fully saturated rings. The van der Waals surface area contributed by atoms with E-state index in [2.05, 4.69) is 26.0 Å². The molecule has 1 atom stereocenters. The predicted molar refractivity (Wildman–Crippen MR) is 205 cm³/mol. The summed E-state index contributed by atoms with van der Waals surface area (Å²) in [5.74, 6) is -0.579. The average molecular weight is 679 g/mol. The number of unbranched alkanes of at least 4 members (excludes halogenated alkanes) is 29. The number of allylic oxidation sites excluding steroid dienone is 2. The van der Waals surface area contributed by atoms with E-state index in [4.69, 9.17) is 9.47 Å². The molecule has 0 aromatic rings. The van der Waals surface area contributed by atoms with Crippen molar-refractivity contribution in [2.45, 2.75) is 238 Å². The molecule has 0 saturated carbocycles. The molecule has 284 valence electrons. The van der Waals surface area contributed by atoms with Crippen LogP contribution in [0.5, 0.6) is 0 Å². The number of hydrogen-bond acceptors (Lipinski definition) is 5. The topological polar surface area (TPSA) is 72.8 Å². The summed E-state index contributed by atoms with van der Waals surface area (Å²) < 4.78 is 10.6. The summed E-state index contributed by atoms with van der Waals surface area (Å²) in [5.41, 5.74) is 0. The highest BCUT2D eigenvalue weighted by molar-refractivity contribution is 5.70. The molecule has 0 heterocycles. The molecule has 0 aliphatic heterocycles. The summed E-state index contributed by atoms with van der Waals surface area (Å²) in [4.78, 5) is 24.3. The molecule has 0 aromatic carbocycles. The van der Waals surface area contributed by atoms with Crippen molar-refractivity contribution < 1.29 is 24.2 Å². The molecule has 5 heteroatoms. The van der Waals surface area contributed by atoms with E-state index in [1.807, 2.05) is 0 Å². The fourth-order valence-corrected chi connectivity index (χ4v) is 6.31. The Labute approximate surface area is 299 Å². The van der Waals surface area contributed by atoms with Crippen molar-refractivity contribution in [1.82, 2.24) is 0 Å². The van der Waals surface area contributed by atoms with E-state index in [0.717, 1.165) is 38.5 Å². The summed E-state index contributed by atoms with van der Waals surface area (Å²) in [6.07, 6.45) is 45.6. The van der Waals surface area contributed by atoms with Crippen molar-refractivity contribution in [1.29, 1.82) is 0 Å². The maximum absolute atomic E-state index is 12.2. The molecule has 0 aliphatic rings. The number of esters is 2. The van der Waals surface area contributed by atoms with Crippen molar-refractivity contribution in [2.24, 2.45) is 0 Å². The molecule has 0 radical (unpaired) electrons. The van der Waals surface area contributed by atoms with Crippen LogP contribution in [-0.2, 0) is 19.1 Å². The molecule has 0 aromatic heterocycles. The lowest BCUT2D eigenvalue weighted by Crippen LogP contribution is -2.28. The minimum atomic E-state index is -0.764. The zero-order valence-electron chi connectivity index (χ0n) is 32.3. The van der Waals surface area contributed by atoms with E-state index < -0.39 is 6.10 Å². The Bertz CT molecular complexity index is 691. The Morgan fingerprint density at radius 2 is 0.771 bits per heavy atom. The van der Waals surface area contributed by atoms with E-state index in [9.17, 15) is 14.7 Å². The quantitative estimate of drug-likeness (QED) is 0.0398. The van der Waals surface area contributed by atoms with Crippen LogP contribution in [0.25, 0.3) is 0 Å². The van der Waals surface area contributed by atoms with E-state index >= 15 is 0 Å². The largest absolute Gasteiger partial charge is 0.462 e. The van der Waals surface area contributed by atoms with Gasteiger partial charge >= 0.3 is 11.9 Å². The SMILES string of the molecule is CCCCCCCC/C=C/CCCCCCCCCCCCCC(=O)OC[C@H](CO)OC(=O)CCCCCCCCCCCCCCC. The number of ether oxygens (including phenoxy) is 2. The van der Waals surface area contributed by atoms with Crippen molar-refractivity contribution in [3.63, 3.8) is 0 Å². The zero-order valence-corrected chi connectivity index (χ0v) is 32.3. The third-order valence-electron chi connectivity index (χ3n) is 9.56. The molecular weight excluding hydrogens is 596 g/mol. The lowest BCUT2D eigenvalue weighted by atomic mass is 10.0. The van der Waals surface area contributed by atoms with Gasteiger partial charge in [0.15, 0.2) is 6.10 Å². The van der Waals surface area contributed by atoms with Gasteiger partial charge in [-0.3, -0.25) is 9.59 Å². The summed E-state index contributed by atoms with van der Waals surface area (Å²) in [6, 6.07) is 0. The van der Waals surface area contributed by atoms with Crippen molar-refractivity contribution in [3.05, 3.63) is 12.2 Å². The summed E-state index contributed by atoms with van der Waals surface area (Å²) >= 11 is 0. The molecule has 48 heavy (non-hydrogen) atoms. The first-order valence-corrected chi connectivity index (χ1v) is 21.2. The van der Waals surface area contributed by atoms with Gasteiger partial charge in [0.1, 0.15) is 6.61 Å². The molecule has 1 N–H and O–H groups in total. The third-order valence-corrected chi connectivity index (χ3v) is 9.56. The van der Waals surface area contributed by atoms with Gasteiger partial charge in [-0.25, -0.2) is 0 Å². The molecule has 0 spiro atoms. The van der Waals surface area contributed by atoms with Crippen LogP contribution in [-0.4, -0.2) is 36.4 Å². The first kappa shape index (κ1) is 46.6. The molecule has 0 unspecified atom stereocenters. The Kier molecular flexibility index (Phi) is 38.9. The van der Waals surface area contributed by atoms with E-state index in [1.165, 1.54) is 167 Å². The van der Waals surface area contributed by atoms with Gasteiger partial charge in [-0.05, 0) is 38.5 Å². The predicted octanol–water partition coefficient (Wildman–Crippen LogP) is 13.3. The van der Waals surface area contributed by atoms with E-state index in [1.54, 1.807) is 0 Å². The van der Waals surface area contributed by atoms with E-state index in [0.29, 0.717) is 12.8 Å². The lowest BCUT2D eigenvalue weighted by Gasteiger charge is -2.15. The molecule has 5 nitrogen and oxygen atoms in total. The van der Waals surface area contributed by atoms with Gasteiger partial charge < -0.3 is 14.6 Å². The molecule has 0 rings (SSSR count). The second kappa shape index (κ2) is 40.1. The average Bonchev–Trinajstić information content (AvgIpc) is 3.09. The zero-order chi connectivity index (χ0) is 35.0. The van der Waals surface area contributed by atoms with Gasteiger partial charge in [-0.2, -0.15) is 0 Å². The Morgan fingerprint density at radius 1 is 0.458 bits per heavy atom. The maximum Gasteiger partial charge on any atom is 0.306 e. The number of aliphatic hydroxyl groups excluding tert-OH is 1. The molecule has 0 amide bonds. The molecule has 0 aliphatic carbocycles. The van der Waals surface area contributed by atoms with Gasteiger partial charge in [-0.1, -0.05) is 193 Å². The highest BCUT2D eigenvalue weighted by Crippen LogP contribution is 2.15. The first-order chi connectivity index (χ1) is 23.6. The monoisotopic (exact) mass is 679 g/mol. The van der Waals surface area contributed by atoms with Crippen molar-refractivity contribution in [3.8, 4) is 0 Å². The van der Waals surface area contributed by atoms with Crippen LogP contribution in [0.3, 0.4) is 0 Å². The lowest BCUT2D eigenvalue weighted by molar-refractivity contribution is -0.161. The highest BCUT2D eigenvalue weighted by Gasteiger charge is 2.16. The Balaban J connectivity index is 3.48. The van der Waals surface area contributed by atoms with Crippen LogP contribution in [0.4, 0.5) is 0 Å². The van der Waals surface area contributed by atoms with Crippen LogP contribution in [0.1, 0.15) is 232 Å². The standard InChI is InChI=1S/C43H82O5/c1-3-5-7-9-11-13-15-17-18-19-20-21-22-23-24-26-27-29-31-33-35-37-42(45)47-40-41(39-44)48-43(46)38-36-34-32-30-28-25-16-14-12-10-8-6-4-2/h17-18,41,44H,3-16,19-40H2,1-2H3/b18-17+/t41-/m0/s1. The van der Waals surface area contributed by atoms with Crippen molar-refractivity contribution >= 4 is 11.9 Å². The number of aliphatic hydroxyl groups is 1. The van der Waals surface area contributed by atoms with Gasteiger partial charge in [0.25, 0.3) is 0 Å². The summed E-state index contributed by atoms with van der Waals surface area (Å²) in [6.45, 7) is 4.15. The number of hydrogen-bond donors (Lipinski definition) is 1. The van der Waals surface area contributed by atoms with Crippen molar-refractivity contribution in [2.75, 3.05) is 13.2 Å². The highest BCUT2D eigenvalue weighted by atomic mass is 16.6. The van der Waals surface area contributed by atoms with Gasteiger partial charge in [0.2, 0.25) is 0 Å². The van der Waals surface area contributed by atoms with Crippen LogP contribution >= 0.6 is 0 Å². The Hall–Kier alpha value is -1.36. The van der Waals surface area contributed by atoms with Crippen LogP contribution in [0.15, 0.2) is 12.2 Å². The first-order valence-electron chi connectivity index (χ1n) is 21.2. The van der Waals surface area contributed by atoms with Gasteiger partial charge in [0, 0.05) is 12.8 Å². The van der Waals surface area contributed by atoms with Crippen LogP contribution < -0.4 is 0 Å². The number of rotatable bonds is 39. The normalized spacial score (nSPS) is 12.1. The van der Waals surface area contributed by atoms with Gasteiger partial charge in [-0.15, -0.1) is 0 Å². The van der Waals surface area contributed by atoms with Crippen LogP contribution in [0.2, 0.25) is 0 Å². The summed E-state index contributed by atoms with van der Waals surface area (Å²) in [7, 11) is 0. The fraction of sp³-hybridized carbons (Fsp3) is 0.907. The third kappa shape index (κ3) is 37.5. The molecule has 0 bridgehead atoms. The second-order valence-electron chi connectivity index (χ2n) is 14.4. The van der Waals surface area contributed by atoms with E-state index in [-0.39, 0.29) is 25.2 Å². The number of carbonyl (C=O) groups excluding carboxylic acids is 2.